The summed E-state index contributed by atoms with van der Waals surface area (Å²) in [6.07, 6.45) is 0. The minimum Gasteiger partial charge on any atom is -0.311 e. The van der Waals surface area contributed by atoms with Crippen LogP contribution in [0.25, 0.3) is 27.5 Å². The number of hydrogen-bond donors (Lipinski definition) is 0. The largest absolute Gasteiger partial charge is 0.311 e. The summed E-state index contributed by atoms with van der Waals surface area (Å²) in [7, 11) is 0. The fourth-order valence-electron chi connectivity index (χ4n) is 19.5. The minimum absolute atomic E-state index is 0.166. The van der Waals surface area contributed by atoms with Gasteiger partial charge in [0.25, 0.3) is 13.4 Å². The molecule has 7 heterocycles. The van der Waals surface area contributed by atoms with Crippen LogP contribution in [-0.4, -0.2) is 18.0 Å². The number of benzene rings is 15. The van der Waals surface area contributed by atoms with Gasteiger partial charge in [0.2, 0.25) is 0 Å². The van der Waals surface area contributed by atoms with Crippen LogP contribution in [0.5, 0.6) is 0 Å². The van der Waals surface area contributed by atoms with Gasteiger partial charge in [-0.15, -0.1) is 0 Å². The van der Waals surface area contributed by atoms with Crippen LogP contribution in [0, 0.1) is 0 Å². The lowest BCUT2D eigenvalue weighted by molar-refractivity contribution is 0.633. The zero-order valence-corrected chi connectivity index (χ0v) is 58.7. The summed E-state index contributed by atoms with van der Waals surface area (Å²) in [6, 6.07) is 130. The Bertz CT molecular complexity index is 5820. The number of hydrogen-bond acceptors (Lipinski definition) is 6. The first kappa shape index (κ1) is 59.7. The average Bonchev–Trinajstić information content (AvgIpc) is 1.27. The third-order valence-corrected chi connectivity index (χ3v) is 23.7. The molecule has 0 saturated carbocycles. The predicted octanol–water partition coefficient (Wildman–Crippen LogP) is 21.2. The number of aromatic nitrogens is 1. The highest BCUT2D eigenvalue weighted by Gasteiger charge is 2.54. The zero-order chi connectivity index (χ0) is 69.6. The highest BCUT2D eigenvalue weighted by molar-refractivity contribution is 7.01. The number of rotatable bonds is 9. The topological polar surface area (TPSA) is 24.4 Å². The van der Waals surface area contributed by atoms with E-state index in [1.165, 1.54) is 99.9 Å². The van der Waals surface area contributed by atoms with Crippen LogP contribution < -0.4 is 62.2 Å². The highest BCUT2D eigenvalue weighted by atomic mass is 15.2. The van der Waals surface area contributed by atoms with E-state index in [4.69, 9.17) is 0 Å². The summed E-state index contributed by atoms with van der Waals surface area (Å²) >= 11 is 0. The van der Waals surface area contributed by atoms with E-state index in [0.29, 0.717) is 0 Å². The fourth-order valence-corrected chi connectivity index (χ4v) is 19.5. The summed E-state index contributed by atoms with van der Waals surface area (Å²) in [5.74, 6) is 0. The molecule has 0 atom stereocenters. The molecular weight excluding hydrogens is 1270 g/mol. The molecule has 0 fully saturated rings. The van der Waals surface area contributed by atoms with Crippen molar-refractivity contribution in [2.24, 2.45) is 0 Å². The number of para-hydroxylation sites is 11. The van der Waals surface area contributed by atoms with Crippen LogP contribution in [-0.2, 0) is 10.8 Å². The van der Waals surface area contributed by atoms with Crippen LogP contribution in [0.4, 0.5) is 102 Å². The molecular formula is C96H69B2N7. The molecule has 16 aromatic rings. The molecule has 15 aromatic carbocycles. The normalized spacial score (nSPS) is 14.5. The Morgan fingerprint density at radius 2 is 0.562 bits per heavy atom. The molecule has 1 aromatic heterocycles. The van der Waals surface area contributed by atoms with Crippen LogP contribution in [0.3, 0.4) is 0 Å². The van der Waals surface area contributed by atoms with Gasteiger partial charge >= 0.3 is 0 Å². The lowest BCUT2D eigenvalue weighted by Crippen LogP contribution is -2.62. The maximum atomic E-state index is 2.64. The van der Waals surface area contributed by atoms with Crippen molar-refractivity contribution >= 4 is 170 Å². The Kier molecular flexibility index (Phi) is 12.7. The Balaban J connectivity index is 0.875. The first-order valence-corrected chi connectivity index (χ1v) is 36.8. The Labute approximate surface area is 612 Å². The molecule has 0 aliphatic carbocycles. The first-order valence-electron chi connectivity index (χ1n) is 36.8. The molecule has 494 valence electrons. The quantitative estimate of drug-likeness (QED) is 0.134. The second-order valence-corrected chi connectivity index (χ2v) is 29.9. The van der Waals surface area contributed by atoms with Crippen molar-refractivity contribution in [1.29, 1.82) is 0 Å². The van der Waals surface area contributed by atoms with Crippen LogP contribution in [0.15, 0.2) is 346 Å². The van der Waals surface area contributed by atoms with E-state index in [0.717, 1.165) is 85.0 Å². The Hall–Kier alpha value is -13.0. The van der Waals surface area contributed by atoms with Crippen molar-refractivity contribution in [1.82, 2.24) is 4.57 Å². The van der Waals surface area contributed by atoms with Gasteiger partial charge in [0, 0.05) is 118 Å². The van der Waals surface area contributed by atoms with Gasteiger partial charge < -0.3 is 34.0 Å². The molecule has 6 aliphatic heterocycles. The first-order chi connectivity index (χ1) is 51.7. The molecule has 9 heteroatoms. The van der Waals surface area contributed by atoms with E-state index in [1.807, 2.05) is 0 Å². The molecule has 0 N–H and O–H groups in total. The summed E-state index contributed by atoms with van der Waals surface area (Å²) in [5, 5.41) is 2.41. The van der Waals surface area contributed by atoms with E-state index in [-0.39, 0.29) is 13.4 Å². The summed E-state index contributed by atoms with van der Waals surface area (Å²) in [5.41, 5.74) is 36.1. The molecule has 7 nitrogen and oxygen atoms in total. The minimum atomic E-state index is -0.459. The summed E-state index contributed by atoms with van der Waals surface area (Å²) < 4.78 is 2.57. The van der Waals surface area contributed by atoms with Crippen LogP contribution in [0.1, 0.15) is 49.9 Å². The van der Waals surface area contributed by atoms with Crippen molar-refractivity contribution in [2.45, 2.75) is 38.5 Å². The van der Waals surface area contributed by atoms with E-state index in [1.54, 1.807) is 0 Å². The Morgan fingerprint density at radius 1 is 0.257 bits per heavy atom. The third-order valence-electron chi connectivity index (χ3n) is 23.7. The third kappa shape index (κ3) is 8.29. The Morgan fingerprint density at radius 3 is 0.924 bits per heavy atom. The number of fused-ring (bicyclic) bond motifs is 17. The van der Waals surface area contributed by atoms with Crippen molar-refractivity contribution in [3.8, 4) is 5.69 Å². The second kappa shape index (κ2) is 22.3. The highest BCUT2D eigenvalue weighted by Crippen LogP contribution is 2.62. The second-order valence-electron chi connectivity index (χ2n) is 29.9. The molecule has 22 rings (SSSR count). The zero-order valence-electron chi connectivity index (χ0n) is 58.7. The molecule has 0 unspecified atom stereocenters. The van der Waals surface area contributed by atoms with Crippen LogP contribution in [0.2, 0.25) is 0 Å². The maximum Gasteiger partial charge on any atom is 0.252 e. The van der Waals surface area contributed by atoms with E-state index >= 15 is 0 Å². The summed E-state index contributed by atoms with van der Waals surface area (Å²) in [4.78, 5) is 15.5. The fraction of sp³-hybridized carbons (Fsp3) is 0.0625. The van der Waals surface area contributed by atoms with E-state index in [9.17, 15) is 0 Å². The van der Waals surface area contributed by atoms with Gasteiger partial charge in [0.15, 0.2) is 0 Å². The van der Waals surface area contributed by atoms with Crippen molar-refractivity contribution in [3.05, 3.63) is 368 Å². The SMILES string of the molecule is CC1(C)c2ccccc2N2c3ccccc3B3c4cc5c6cc7c(cc6n(-c6ccccc6)c5cc4N(c4ccccc4)c4cc(N(c5ccccc5)c5ccccc5)c1c2c43)N(c1ccccc1)c1cc(N(c2ccccc2)c2ccccc2)c2c3c1B7c1ccccc1N3c1ccccc1C2(C)C. The van der Waals surface area contributed by atoms with Crippen molar-refractivity contribution in [2.75, 3.05) is 29.4 Å². The maximum absolute atomic E-state index is 2.64. The van der Waals surface area contributed by atoms with Crippen molar-refractivity contribution < 1.29 is 0 Å². The predicted molar refractivity (Wildman–Crippen MR) is 442 cm³/mol. The smallest absolute Gasteiger partial charge is 0.252 e. The molecule has 0 saturated heterocycles. The van der Waals surface area contributed by atoms with Crippen molar-refractivity contribution in [3.63, 3.8) is 0 Å². The van der Waals surface area contributed by atoms with Crippen LogP contribution >= 0.6 is 0 Å². The van der Waals surface area contributed by atoms with E-state index < -0.39 is 10.8 Å². The van der Waals surface area contributed by atoms with Gasteiger partial charge in [-0.25, -0.2) is 0 Å². The monoisotopic (exact) mass is 1340 g/mol. The van der Waals surface area contributed by atoms with Gasteiger partial charge in [0.1, 0.15) is 0 Å². The number of anilines is 18. The summed E-state index contributed by atoms with van der Waals surface area (Å²) in [6.45, 7) is 9.51. The molecule has 0 amide bonds. The lowest BCUT2D eigenvalue weighted by Gasteiger charge is -2.51. The van der Waals surface area contributed by atoms with Gasteiger partial charge in [-0.2, -0.15) is 0 Å². The molecule has 105 heavy (non-hydrogen) atoms. The molecule has 6 aliphatic rings. The van der Waals surface area contributed by atoms with Gasteiger partial charge in [-0.3, -0.25) is 0 Å². The molecule has 0 radical (unpaired) electrons. The standard InChI is InChI=1S/C96H69B2N7/c1-95(2)71-48-26-30-52-77(71)104-79-54-32-28-50-73(79)97-75-56-69-70-57-76-84(59-82(70)101(66-42-20-9-21-43-66)81(69)58-83(75)102(67-44-22-10-23-45-67)87-60-85(89(95)93(104)91(87)97)99(62-34-12-5-13-35-62)63-36-14-6-15-37-63)103(68-46-24-11-25-47-68)88-61-86(100(64-38-16-7-17-39-64)65-40-18-8-19-41-65)90-94-92(88)98(76)74-51-29-33-55-80(74)105(94)78-53-31-27-49-72(78)96(90,3)4/h5-61H,1-4H3. The van der Waals surface area contributed by atoms with Gasteiger partial charge in [-0.05, 0) is 177 Å². The van der Waals surface area contributed by atoms with Gasteiger partial charge in [-0.1, -0.05) is 240 Å². The average molecular weight is 1340 g/mol. The van der Waals surface area contributed by atoms with Gasteiger partial charge in [0.05, 0.1) is 33.8 Å². The van der Waals surface area contributed by atoms with E-state index in [2.05, 4.69) is 407 Å². The molecule has 0 spiro atoms. The lowest BCUT2D eigenvalue weighted by atomic mass is 9.32. The number of nitrogens with zero attached hydrogens (tertiary/aromatic N) is 7. The molecule has 0 bridgehead atoms.